The molecular weight excluding hydrogens is 216 g/mol. The molecule has 3 rings (SSSR count). The molecule has 0 saturated carbocycles. The summed E-state index contributed by atoms with van der Waals surface area (Å²) in [7, 11) is 0. The molecule has 2 aromatic rings. The van der Waals surface area contributed by atoms with Crippen molar-refractivity contribution in [3.8, 4) is 5.75 Å². The zero-order chi connectivity index (χ0) is 11.7. The molecule has 4 heteroatoms. The summed E-state index contributed by atoms with van der Waals surface area (Å²) in [6.45, 7) is 5.15. The molecule has 0 spiro atoms. The summed E-state index contributed by atoms with van der Waals surface area (Å²) in [5.41, 5.74) is 1.81. The van der Waals surface area contributed by atoms with Crippen molar-refractivity contribution in [1.29, 1.82) is 0 Å². The number of aromatic hydroxyl groups is 1. The van der Waals surface area contributed by atoms with Crippen molar-refractivity contribution in [2.24, 2.45) is 0 Å². The minimum atomic E-state index is 0.217. The van der Waals surface area contributed by atoms with Gasteiger partial charge in [-0.05, 0) is 17.7 Å². The van der Waals surface area contributed by atoms with Gasteiger partial charge >= 0.3 is 0 Å². The van der Waals surface area contributed by atoms with Crippen molar-refractivity contribution in [3.63, 3.8) is 0 Å². The molecule has 0 unspecified atom stereocenters. The lowest BCUT2D eigenvalue weighted by Gasteiger charge is -2.27. The number of hydrogen-bond donors (Lipinski definition) is 2. The van der Waals surface area contributed by atoms with Crippen LogP contribution in [0.3, 0.4) is 0 Å². The molecule has 0 aliphatic carbocycles. The van der Waals surface area contributed by atoms with E-state index in [1.807, 2.05) is 12.1 Å². The van der Waals surface area contributed by atoms with Gasteiger partial charge in [-0.3, -0.25) is 4.90 Å². The summed E-state index contributed by atoms with van der Waals surface area (Å²) in [4.78, 5) is 2.41. The topological polar surface area (TPSA) is 48.6 Å². The monoisotopic (exact) mass is 232 g/mol. The maximum Gasteiger partial charge on any atom is 0.175 e. The average molecular weight is 232 g/mol. The highest BCUT2D eigenvalue weighted by Crippen LogP contribution is 2.29. The normalized spacial score (nSPS) is 17.6. The highest BCUT2D eigenvalue weighted by molar-refractivity contribution is 5.85. The summed E-state index contributed by atoms with van der Waals surface area (Å²) in [6.07, 6.45) is 1.63. The highest BCUT2D eigenvalue weighted by atomic mass is 16.3. The third kappa shape index (κ3) is 2.01. The predicted molar refractivity (Wildman–Crippen MR) is 66.0 cm³/mol. The fraction of sp³-hybridized carbons (Fsp3) is 0.385. The summed E-state index contributed by atoms with van der Waals surface area (Å²) in [5, 5.41) is 14.0. The molecular formula is C13H16N2O2. The molecule has 1 saturated heterocycles. The lowest BCUT2D eigenvalue weighted by molar-refractivity contribution is 0.234. The molecule has 1 aromatic carbocycles. The number of furan rings is 1. The van der Waals surface area contributed by atoms with Crippen molar-refractivity contribution in [1.82, 2.24) is 10.2 Å². The Morgan fingerprint density at radius 1 is 1.24 bits per heavy atom. The molecule has 1 aliphatic rings. The van der Waals surface area contributed by atoms with Gasteiger partial charge in [-0.2, -0.15) is 0 Å². The van der Waals surface area contributed by atoms with E-state index in [0.29, 0.717) is 5.58 Å². The maximum absolute atomic E-state index is 9.67. The van der Waals surface area contributed by atoms with Crippen LogP contribution >= 0.6 is 0 Å². The number of fused-ring (bicyclic) bond motifs is 1. The van der Waals surface area contributed by atoms with Crippen molar-refractivity contribution >= 4 is 11.0 Å². The average Bonchev–Trinajstić information content (AvgIpc) is 2.84. The second kappa shape index (κ2) is 4.39. The molecule has 4 nitrogen and oxygen atoms in total. The maximum atomic E-state index is 9.67. The standard InChI is InChI=1S/C13H16N2O2/c16-12-2-1-10(11-3-8-17-13(11)12)9-15-6-4-14-5-7-15/h1-3,8,14,16H,4-7,9H2. The Kier molecular flexibility index (Phi) is 2.74. The first-order chi connectivity index (χ1) is 8.34. The van der Waals surface area contributed by atoms with Gasteiger partial charge in [0, 0.05) is 38.1 Å². The van der Waals surface area contributed by atoms with E-state index < -0.39 is 0 Å². The summed E-state index contributed by atoms with van der Waals surface area (Å²) < 4.78 is 5.30. The van der Waals surface area contributed by atoms with Crippen LogP contribution in [0.15, 0.2) is 28.9 Å². The molecule has 0 radical (unpaired) electrons. The second-order valence-corrected chi connectivity index (χ2v) is 4.43. The number of piperazine rings is 1. The Morgan fingerprint density at radius 3 is 2.88 bits per heavy atom. The van der Waals surface area contributed by atoms with Crippen LogP contribution in [0, 0.1) is 0 Å². The third-order valence-electron chi connectivity index (χ3n) is 3.29. The molecule has 1 aliphatic heterocycles. The Bertz CT molecular complexity index is 515. The molecule has 2 N–H and O–H groups in total. The van der Waals surface area contributed by atoms with Crippen LogP contribution in [0.2, 0.25) is 0 Å². The summed E-state index contributed by atoms with van der Waals surface area (Å²) >= 11 is 0. The van der Waals surface area contributed by atoms with Gasteiger partial charge in [0.2, 0.25) is 0 Å². The predicted octanol–water partition coefficient (Wildman–Crippen LogP) is 1.54. The zero-order valence-electron chi connectivity index (χ0n) is 9.65. The molecule has 90 valence electrons. The summed E-state index contributed by atoms with van der Waals surface area (Å²) in [5.74, 6) is 0.217. The fourth-order valence-electron chi connectivity index (χ4n) is 2.35. The molecule has 2 heterocycles. The Hall–Kier alpha value is -1.52. The Balaban J connectivity index is 1.89. The van der Waals surface area contributed by atoms with Crippen LogP contribution in [-0.4, -0.2) is 36.2 Å². The van der Waals surface area contributed by atoms with E-state index >= 15 is 0 Å². The Labute approximate surface area is 99.8 Å². The number of rotatable bonds is 2. The first kappa shape index (κ1) is 10.6. The van der Waals surface area contributed by atoms with Gasteiger partial charge in [-0.25, -0.2) is 0 Å². The highest BCUT2D eigenvalue weighted by Gasteiger charge is 2.13. The smallest absolute Gasteiger partial charge is 0.175 e. The van der Waals surface area contributed by atoms with E-state index in [-0.39, 0.29) is 5.75 Å². The number of hydrogen-bond acceptors (Lipinski definition) is 4. The van der Waals surface area contributed by atoms with Crippen molar-refractivity contribution < 1.29 is 9.52 Å². The van der Waals surface area contributed by atoms with Crippen LogP contribution in [-0.2, 0) is 6.54 Å². The van der Waals surface area contributed by atoms with Gasteiger partial charge in [0.25, 0.3) is 0 Å². The number of nitrogens with zero attached hydrogens (tertiary/aromatic N) is 1. The van der Waals surface area contributed by atoms with Gasteiger partial charge < -0.3 is 14.8 Å². The van der Waals surface area contributed by atoms with E-state index in [1.165, 1.54) is 5.56 Å². The minimum absolute atomic E-state index is 0.217. The number of phenolic OH excluding ortho intramolecular Hbond substituents is 1. The molecule has 1 fully saturated rings. The first-order valence-corrected chi connectivity index (χ1v) is 5.96. The van der Waals surface area contributed by atoms with E-state index in [4.69, 9.17) is 4.42 Å². The van der Waals surface area contributed by atoms with Gasteiger partial charge in [-0.1, -0.05) is 6.07 Å². The lowest BCUT2D eigenvalue weighted by atomic mass is 10.1. The van der Waals surface area contributed by atoms with E-state index in [9.17, 15) is 5.11 Å². The largest absolute Gasteiger partial charge is 0.504 e. The number of nitrogens with one attached hydrogen (secondary N) is 1. The van der Waals surface area contributed by atoms with Gasteiger partial charge in [0.1, 0.15) is 0 Å². The molecule has 0 bridgehead atoms. The minimum Gasteiger partial charge on any atom is -0.504 e. The second-order valence-electron chi connectivity index (χ2n) is 4.43. The molecule has 1 aromatic heterocycles. The van der Waals surface area contributed by atoms with Crippen molar-refractivity contribution in [2.75, 3.05) is 26.2 Å². The van der Waals surface area contributed by atoms with Crippen LogP contribution in [0.5, 0.6) is 5.75 Å². The third-order valence-corrected chi connectivity index (χ3v) is 3.29. The van der Waals surface area contributed by atoms with E-state index in [1.54, 1.807) is 12.3 Å². The quantitative estimate of drug-likeness (QED) is 0.824. The van der Waals surface area contributed by atoms with Crippen LogP contribution < -0.4 is 5.32 Å². The van der Waals surface area contributed by atoms with Crippen molar-refractivity contribution in [2.45, 2.75) is 6.54 Å². The number of phenols is 1. The SMILES string of the molecule is Oc1ccc(CN2CCNCC2)c2ccoc12. The summed E-state index contributed by atoms with van der Waals surface area (Å²) in [6, 6.07) is 5.62. The molecule has 0 amide bonds. The van der Waals surface area contributed by atoms with Crippen LogP contribution in [0.4, 0.5) is 0 Å². The fourth-order valence-corrected chi connectivity index (χ4v) is 2.35. The number of benzene rings is 1. The van der Waals surface area contributed by atoms with Gasteiger partial charge in [0.05, 0.1) is 6.26 Å². The molecule has 17 heavy (non-hydrogen) atoms. The first-order valence-electron chi connectivity index (χ1n) is 5.96. The zero-order valence-corrected chi connectivity index (χ0v) is 9.65. The molecule has 0 atom stereocenters. The van der Waals surface area contributed by atoms with Crippen LogP contribution in [0.1, 0.15) is 5.56 Å². The van der Waals surface area contributed by atoms with Crippen molar-refractivity contribution in [3.05, 3.63) is 30.0 Å². The van der Waals surface area contributed by atoms with Crippen LogP contribution in [0.25, 0.3) is 11.0 Å². The van der Waals surface area contributed by atoms with Gasteiger partial charge in [-0.15, -0.1) is 0 Å². The lowest BCUT2D eigenvalue weighted by Crippen LogP contribution is -2.42. The van der Waals surface area contributed by atoms with Gasteiger partial charge in [0.15, 0.2) is 11.3 Å². The Morgan fingerprint density at radius 2 is 2.06 bits per heavy atom. The van der Waals surface area contributed by atoms with E-state index in [2.05, 4.69) is 10.2 Å². The van der Waals surface area contributed by atoms with E-state index in [0.717, 1.165) is 38.1 Å².